The maximum absolute atomic E-state index is 12.8. The Balaban J connectivity index is 1.55. The van der Waals surface area contributed by atoms with E-state index >= 15 is 0 Å². The first-order chi connectivity index (χ1) is 16.0. The van der Waals surface area contributed by atoms with Gasteiger partial charge in [-0.05, 0) is 37.5 Å². The van der Waals surface area contributed by atoms with E-state index in [2.05, 4.69) is 15.6 Å². The number of hydrogen-bond acceptors (Lipinski definition) is 6. The smallest absolute Gasteiger partial charge is 0.368 e. The summed E-state index contributed by atoms with van der Waals surface area (Å²) < 4.78 is 39.3. The molecule has 184 valence electrons. The Morgan fingerprint density at radius 2 is 2.03 bits per heavy atom. The number of amides is 1. The summed E-state index contributed by atoms with van der Waals surface area (Å²) >= 11 is 0. The average molecular weight is 481 g/mol. The third kappa shape index (κ3) is 6.47. The molecule has 10 nitrogen and oxygen atoms in total. The van der Waals surface area contributed by atoms with Crippen LogP contribution in [0.15, 0.2) is 35.3 Å². The summed E-state index contributed by atoms with van der Waals surface area (Å²) in [4.78, 5) is 34.7. The number of halogens is 3. The second-order valence-electron chi connectivity index (χ2n) is 7.85. The van der Waals surface area contributed by atoms with E-state index in [9.17, 15) is 22.8 Å². The van der Waals surface area contributed by atoms with E-state index in [1.807, 2.05) is 0 Å². The molecule has 1 amide bonds. The van der Waals surface area contributed by atoms with Crippen LogP contribution in [0.5, 0.6) is 0 Å². The van der Waals surface area contributed by atoms with Gasteiger partial charge in [0.2, 0.25) is 11.9 Å². The number of nitrogens with two attached hydrogens (primary N) is 1. The van der Waals surface area contributed by atoms with Gasteiger partial charge in [-0.3, -0.25) is 24.4 Å². The van der Waals surface area contributed by atoms with Gasteiger partial charge in [0.1, 0.15) is 6.54 Å². The number of nitrogens with one attached hydrogen (secondary N) is 3. The lowest BCUT2D eigenvalue weighted by Gasteiger charge is -2.31. The van der Waals surface area contributed by atoms with Crippen LogP contribution in [0.3, 0.4) is 0 Å². The molecular weight excluding hydrogens is 455 g/mol. The second-order valence-corrected chi connectivity index (χ2v) is 7.85. The van der Waals surface area contributed by atoms with E-state index in [4.69, 9.17) is 16.0 Å². The predicted octanol–water partition coefficient (Wildman–Crippen LogP) is 1.24. The van der Waals surface area contributed by atoms with Crippen LogP contribution in [-0.2, 0) is 28.8 Å². The zero-order valence-corrected chi connectivity index (χ0v) is 18.5. The summed E-state index contributed by atoms with van der Waals surface area (Å²) in [7, 11) is 0. The molecule has 13 heteroatoms. The Morgan fingerprint density at radius 3 is 2.62 bits per heavy atom. The van der Waals surface area contributed by atoms with Gasteiger partial charge in [-0.1, -0.05) is 12.1 Å². The molecule has 5 N–H and O–H groups in total. The fourth-order valence-corrected chi connectivity index (χ4v) is 3.40. The molecular formula is C21H26F3N7O3. The molecule has 0 aliphatic carbocycles. The molecule has 1 atom stereocenters. The SMILES string of the molecule is Cc1cnc(NCCc2ccc(C(F)(F)F)cc2)c(=O)n1CC(=O)NC1CCN(C(=N)N)OC1. The van der Waals surface area contributed by atoms with Crippen LogP contribution in [0.4, 0.5) is 19.0 Å². The van der Waals surface area contributed by atoms with Gasteiger partial charge in [0.25, 0.3) is 5.56 Å². The summed E-state index contributed by atoms with van der Waals surface area (Å²) in [6.07, 6.45) is -2.01. The van der Waals surface area contributed by atoms with Crippen molar-refractivity contribution in [3.05, 3.63) is 57.6 Å². The van der Waals surface area contributed by atoms with Crippen LogP contribution in [0.1, 0.15) is 23.2 Å². The van der Waals surface area contributed by atoms with Crippen molar-refractivity contribution >= 4 is 17.7 Å². The molecule has 0 radical (unpaired) electrons. The standard InChI is InChI=1S/C21H26F3N7O3/c1-13-10-28-18(27-8-6-14-2-4-15(5-3-14)21(22,23)24)19(33)30(13)11-17(32)29-16-7-9-31(20(25)26)34-12-16/h2-5,10,16H,6-9,11-12H2,1H3,(H3,25,26)(H,27,28)(H,29,32). The van der Waals surface area contributed by atoms with Gasteiger partial charge in [-0.15, -0.1) is 0 Å². The summed E-state index contributed by atoms with van der Waals surface area (Å²) in [5, 5.41) is 14.3. The lowest BCUT2D eigenvalue weighted by Crippen LogP contribution is -2.50. The highest BCUT2D eigenvalue weighted by Gasteiger charge is 2.30. The number of carbonyl (C=O) groups excluding carboxylic acids is 1. The van der Waals surface area contributed by atoms with Crippen LogP contribution in [-0.4, -0.2) is 52.2 Å². The predicted molar refractivity (Wildman–Crippen MR) is 118 cm³/mol. The molecule has 1 aliphatic heterocycles. The van der Waals surface area contributed by atoms with Crippen LogP contribution in [0, 0.1) is 12.3 Å². The topological polar surface area (TPSA) is 138 Å². The maximum atomic E-state index is 12.8. The van der Waals surface area contributed by atoms with E-state index in [0.717, 1.165) is 12.1 Å². The van der Waals surface area contributed by atoms with Gasteiger partial charge in [0.15, 0.2) is 5.82 Å². The molecule has 2 heterocycles. The second kappa shape index (κ2) is 10.5. The van der Waals surface area contributed by atoms with E-state index in [-0.39, 0.29) is 43.4 Å². The zero-order chi connectivity index (χ0) is 24.9. The zero-order valence-electron chi connectivity index (χ0n) is 18.5. The quantitative estimate of drug-likeness (QED) is 0.345. The Labute approximate surface area is 193 Å². The van der Waals surface area contributed by atoms with E-state index < -0.39 is 17.3 Å². The van der Waals surface area contributed by atoms with E-state index in [0.29, 0.717) is 30.6 Å². The highest BCUT2D eigenvalue weighted by atomic mass is 19.4. The van der Waals surface area contributed by atoms with Crippen LogP contribution in [0.25, 0.3) is 0 Å². The van der Waals surface area contributed by atoms with Crippen molar-refractivity contribution in [2.75, 3.05) is 25.0 Å². The number of aryl methyl sites for hydroxylation is 1. The van der Waals surface area contributed by atoms with Crippen LogP contribution >= 0.6 is 0 Å². The number of benzene rings is 1. The van der Waals surface area contributed by atoms with Crippen molar-refractivity contribution in [3.8, 4) is 0 Å². The number of guanidine groups is 1. The van der Waals surface area contributed by atoms with Gasteiger partial charge >= 0.3 is 6.18 Å². The van der Waals surface area contributed by atoms with E-state index in [1.165, 1.54) is 28.0 Å². The summed E-state index contributed by atoms with van der Waals surface area (Å²) in [5.74, 6) is -0.539. The molecule has 1 aromatic carbocycles. The first kappa shape index (κ1) is 25.0. The third-order valence-electron chi connectivity index (χ3n) is 5.29. The maximum Gasteiger partial charge on any atom is 0.416 e. The van der Waals surface area contributed by atoms with Gasteiger partial charge in [0, 0.05) is 18.4 Å². The van der Waals surface area contributed by atoms with Gasteiger partial charge in [-0.2, -0.15) is 13.2 Å². The highest BCUT2D eigenvalue weighted by Crippen LogP contribution is 2.29. The number of hydroxylamine groups is 2. The van der Waals surface area contributed by atoms with Crippen LogP contribution < -0.4 is 21.9 Å². The minimum atomic E-state index is -4.39. The normalized spacial score (nSPS) is 16.2. The molecule has 1 unspecified atom stereocenters. The molecule has 1 fully saturated rings. The number of carbonyl (C=O) groups is 1. The molecule has 1 aromatic heterocycles. The fourth-order valence-electron chi connectivity index (χ4n) is 3.40. The Bertz CT molecular complexity index is 1080. The third-order valence-corrected chi connectivity index (χ3v) is 5.29. The largest absolute Gasteiger partial charge is 0.416 e. The van der Waals surface area contributed by atoms with Gasteiger partial charge < -0.3 is 16.4 Å². The molecule has 1 saturated heterocycles. The van der Waals surface area contributed by atoms with E-state index in [1.54, 1.807) is 6.92 Å². The highest BCUT2D eigenvalue weighted by molar-refractivity contribution is 5.76. The minimum Gasteiger partial charge on any atom is -0.368 e. The fraction of sp³-hybridized carbons (Fsp3) is 0.429. The summed E-state index contributed by atoms with van der Waals surface area (Å²) in [5.41, 5.74) is 5.32. The van der Waals surface area contributed by atoms with Gasteiger partial charge in [0.05, 0.1) is 24.8 Å². The number of aromatic nitrogens is 2. The number of hydrogen-bond donors (Lipinski definition) is 4. The number of anilines is 1. The minimum absolute atomic E-state index is 0.0448. The molecule has 1 aliphatic rings. The van der Waals surface area contributed by atoms with Crippen LogP contribution in [0.2, 0.25) is 0 Å². The van der Waals surface area contributed by atoms with Gasteiger partial charge in [-0.25, -0.2) is 10.0 Å². The molecule has 2 aromatic rings. The molecule has 0 saturated carbocycles. The molecule has 0 bridgehead atoms. The first-order valence-corrected chi connectivity index (χ1v) is 10.5. The van der Waals surface area contributed by atoms with Crippen molar-refractivity contribution in [1.29, 1.82) is 5.41 Å². The summed E-state index contributed by atoms with van der Waals surface area (Å²) in [6.45, 7) is 2.23. The van der Waals surface area contributed by atoms with Crippen molar-refractivity contribution in [1.82, 2.24) is 19.9 Å². The Hall–Kier alpha value is -3.61. The first-order valence-electron chi connectivity index (χ1n) is 10.5. The number of rotatable bonds is 7. The van der Waals surface area contributed by atoms with Crippen molar-refractivity contribution in [2.24, 2.45) is 5.73 Å². The Kier molecular flexibility index (Phi) is 7.76. The molecule has 3 rings (SSSR count). The average Bonchev–Trinajstić information content (AvgIpc) is 2.78. The molecule has 0 spiro atoms. The summed E-state index contributed by atoms with van der Waals surface area (Å²) in [6, 6.07) is 4.53. The van der Waals surface area contributed by atoms with Crippen molar-refractivity contribution < 1.29 is 22.8 Å². The Morgan fingerprint density at radius 1 is 1.32 bits per heavy atom. The van der Waals surface area contributed by atoms with Crippen molar-refractivity contribution in [3.63, 3.8) is 0 Å². The lowest BCUT2D eigenvalue weighted by molar-refractivity contribution is -0.143. The van der Waals surface area contributed by atoms with Crippen molar-refractivity contribution in [2.45, 2.75) is 38.5 Å². The monoisotopic (exact) mass is 481 g/mol. The lowest BCUT2D eigenvalue weighted by atomic mass is 10.1. The molecule has 34 heavy (non-hydrogen) atoms. The number of nitrogens with zero attached hydrogens (tertiary/aromatic N) is 3. The number of alkyl halides is 3.